The molecule has 1 saturated heterocycles. The van der Waals surface area contributed by atoms with E-state index in [1.807, 2.05) is 19.2 Å². The molecule has 0 spiro atoms. The van der Waals surface area contributed by atoms with Crippen LogP contribution in [0.1, 0.15) is 39.5 Å². The van der Waals surface area contributed by atoms with Crippen LogP contribution < -0.4 is 19.7 Å². The summed E-state index contributed by atoms with van der Waals surface area (Å²) in [6, 6.07) is 2.57. The Morgan fingerprint density at radius 2 is 2.33 bits per heavy atom. The second kappa shape index (κ2) is 7.92. The fraction of sp³-hybridized carbons (Fsp3) is 0.700. The standard InChI is InChI=1S/C20H29N3O4/c1-13(22-14(2)24)10-25-17-8-15(9-17)11-27-20-19-18(5-6-21-20)23-7-3-4-16(23)12-26-19/h5-6,13,15-17H,3-4,7-12H2,1-2H3,(H,22,24)/t13-,15?,16?,17?/m0/s1. The van der Waals surface area contributed by atoms with Crippen LogP contribution in [-0.4, -0.2) is 55.4 Å². The van der Waals surface area contributed by atoms with Gasteiger partial charge in [0.25, 0.3) is 5.88 Å². The average Bonchev–Trinajstić information content (AvgIpc) is 3.08. The van der Waals surface area contributed by atoms with Crippen LogP contribution in [0.15, 0.2) is 12.3 Å². The molecule has 3 aliphatic rings. The van der Waals surface area contributed by atoms with E-state index in [0.29, 0.717) is 31.1 Å². The van der Waals surface area contributed by atoms with Gasteiger partial charge in [-0.1, -0.05) is 0 Å². The summed E-state index contributed by atoms with van der Waals surface area (Å²) in [5, 5.41) is 2.83. The van der Waals surface area contributed by atoms with E-state index in [1.165, 1.54) is 19.8 Å². The van der Waals surface area contributed by atoms with Gasteiger partial charge in [-0.2, -0.15) is 0 Å². The van der Waals surface area contributed by atoms with Gasteiger partial charge in [-0.05, 0) is 44.6 Å². The molecule has 1 amide bonds. The van der Waals surface area contributed by atoms with Gasteiger partial charge in [0.15, 0.2) is 0 Å². The van der Waals surface area contributed by atoms with Crippen LogP contribution in [0, 0.1) is 5.92 Å². The molecular weight excluding hydrogens is 346 g/mol. The number of hydrogen-bond donors (Lipinski definition) is 1. The average molecular weight is 375 g/mol. The summed E-state index contributed by atoms with van der Waals surface area (Å²) in [5.41, 5.74) is 1.12. The lowest BCUT2D eigenvalue weighted by Gasteiger charge is -2.36. The second-order valence-electron chi connectivity index (χ2n) is 7.97. The van der Waals surface area contributed by atoms with Gasteiger partial charge < -0.3 is 24.4 Å². The van der Waals surface area contributed by atoms with Gasteiger partial charge in [0, 0.05) is 25.7 Å². The third-order valence-corrected chi connectivity index (χ3v) is 5.64. The monoisotopic (exact) mass is 375 g/mol. The second-order valence-corrected chi connectivity index (χ2v) is 7.97. The molecule has 0 radical (unpaired) electrons. The van der Waals surface area contributed by atoms with E-state index in [-0.39, 0.29) is 18.1 Å². The predicted molar refractivity (Wildman–Crippen MR) is 101 cm³/mol. The summed E-state index contributed by atoms with van der Waals surface area (Å²) in [5.74, 6) is 1.87. The number of fused-ring (bicyclic) bond motifs is 3. The van der Waals surface area contributed by atoms with Gasteiger partial charge in [-0.15, -0.1) is 0 Å². The van der Waals surface area contributed by atoms with Gasteiger partial charge in [-0.25, -0.2) is 4.98 Å². The highest BCUT2D eigenvalue weighted by molar-refractivity contribution is 5.73. The Hall–Kier alpha value is -2.02. The number of ether oxygens (including phenoxy) is 3. The van der Waals surface area contributed by atoms with Crippen LogP contribution in [0.4, 0.5) is 5.69 Å². The number of nitrogens with zero attached hydrogens (tertiary/aromatic N) is 2. The highest BCUT2D eigenvalue weighted by Gasteiger charge is 2.35. The number of carbonyl (C=O) groups is 1. The molecule has 1 unspecified atom stereocenters. The zero-order valence-corrected chi connectivity index (χ0v) is 16.1. The first-order valence-corrected chi connectivity index (χ1v) is 10.00. The molecule has 1 saturated carbocycles. The Morgan fingerprint density at radius 1 is 1.48 bits per heavy atom. The number of anilines is 1. The lowest BCUT2D eigenvalue weighted by molar-refractivity contribution is -0.120. The Balaban J connectivity index is 1.23. The van der Waals surface area contributed by atoms with Gasteiger partial charge in [-0.3, -0.25) is 4.79 Å². The molecule has 1 N–H and O–H groups in total. The van der Waals surface area contributed by atoms with Crippen molar-refractivity contribution in [1.82, 2.24) is 10.3 Å². The van der Waals surface area contributed by atoms with E-state index >= 15 is 0 Å². The zero-order chi connectivity index (χ0) is 18.8. The molecule has 7 nitrogen and oxygen atoms in total. The Labute approximate surface area is 160 Å². The van der Waals surface area contributed by atoms with E-state index in [2.05, 4.69) is 15.2 Å². The quantitative estimate of drug-likeness (QED) is 0.787. The molecule has 3 heterocycles. The van der Waals surface area contributed by atoms with Gasteiger partial charge in [0.1, 0.15) is 6.61 Å². The summed E-state index contributed by atoms with van der Waals surface area (Å²) in [6.45, 7) is 6.48. The summed E-state index contributed by atoms with van der Waals surface area (Å²) in [6.07, 6.45) is 6.45. The maximum atomic E-state index is 11.0. The first kappa shape index (κ1) is 18.3. The largest absolute Gasteiger partial charge is 0.484 e. The van der Waals surface area contributed by atoms with Gasteiger partial charge in [0.2, 0.25) is 11.7 Å². The topological polar surface area (TPSA) is 72.9 Å². The van der Waals surface area contributed by atoms with Crippen molar-refractivity contribution in [3.63, 3.8) is 0 Å². The number of nitrogens with one attached hydrogen (secondary N) is 1. The number of amides is 1. The normalized spacial score (nSPS) is 27.0. The molecule has 2 aliphatic heterocycles. The minimum atomic E-state index is -0.0212. The van der Waals surface area contributed by atoms with Crippen molar-refractivity contribution >= 4 is 11.6 Å². The summed E-state index contributed by atoms with van der Waals surface area (Å²) in [4.78, 5) is 17.8. The Morgan fingerprint density at radius 3 is 3.15 bits per heavy atom. The molecule has 7 heteroatoms. The molecule has 2 atom stereocenters. The maximum Gasteiger partial charge on any atom is 0.259 e. The fourth-order valence-corrected chi connectivity index (χ4v) is 4.20. The maximum absolute atomic E-state index is 11.0. The number of rotatable bonds is 7. The summed E-state index contributed by atoms with van der Waals surface area (Å²) >= 11 is 0. The van der Waals surface area contributed by atoms with E-state index in [4.69, 9.17) is 14.2 Å². The van der Waals surface area contributed by atoms with E-state index in [1.54, 1.807) is 0 Å². The smallest absolute Gasteiger partial charge is 0.259 e. The SMILES string of the molecule is CC(=O)N[C@@H](C)COC1CC(COc2nccc3c2OCC2CCCN32)C1. The third kappa shape index (κ3) is 4.13. The molecule has 2 fully saturated rings. The van der Waals surface area contributed by atoms with Crippen LogP contribution >= 0.6 is 0 Å². The lowest BCUT2D eigenvalue weighted by Crippen LogP contribution is -2.40. The van der Waals surface area contributed by atoms with Crippen molar-refractivity contribution in [2.24, 2.45) is 5.92 Å². The van der Waals surface area contributed by atoms with Crippen LogP contribution in [0.3, 0.4) is 0 Å². The minimum Gasteiger partial charge on any atom is -0.484 e. The van der Waals surface area contributed by atoms with Crippen LogP contribution in [0.5, 0.6) is 11.6 Å². The van der Waals surface area contributed by atoms with Crippen molar-refractivity contribution in [2.75, 3.05) is 31.3 Å². The van der Waals surface area contributed by atoms with Crippen molar-refractivity contribution in [3.8, 4) is 11.6 Å². The van der Waals surface area contributed by atoms with Gasteiger partial charge in [0.05, 0.1) is 31.0 Å². The van der Waals surface area contributed by atoms with Crippen molar-refractivity contribution in [2.45, 2.75) is 57.7 Å². The zero-order valence-electron chi connectivity index (χ0n) is 16.1. The van der Waals surface area contributed by atoms with Crippen molar-refractivity contribution < 1.29 is 19.0 Å². The Kier molecular flexibility index (Phi) is 5.38. The molecule has 0 aromatic carbocycles. The van der Waals surface area contributed by atoms with Crippen LogP contribution in [-0.2, 0) is 9.53 Å². The molecule has 1 aliphatic carbocycles. The molecule has 148 valence electrons. The van der Waals surface area contributed by atoms with E-state index in [0.717, 1.165) is 37.4 Å². The van der Waals surface area contributed by atoms with Crippen molar-refractivity contribution in [3.05, 3.63) is 12.3 Å². The summed E-state index contributed by atoms with van der Waals surface area (Å²) in [7, 11) is 0. The highest BCUT2D eigenvalue weighted by atomic mass is 16.5. The number of pyridine rings is 1. The van der Waals surface area contributed by atoms with Crippen molar-refractivity contribution in [1.29, 1.82) is 0 Å². The Bertz CT molecular complexity index is 677. The molecule has 4 rings (SSSR count). The van der Waals surface area contributed by atoms with Crippen LogP contribution in [0.2, 0.25) is 0 Å². The fourth-order valence-electron chi connectivity index (χ4n) is 4.20. The summed E-state index contributed by atoms with van der Waals surface area (Å²) < 4.78 is 17.8. The van der Waals surface area contributed by atoms with Crippen LogP contribution in [0.25, 0.3) is 0 Å². The number of aromatic nitrogens is 1. The predicted octanol–water partition coefficient (Wildman–Crippen LogP) is 2.14. The van der Waals surface area contributed by atoms with E-state index in [9.17, 15) is 4.79 Å². The molecule has 1 aromatic rings. The lowest BCUT2D eigenvalue weighted by atomic mass is 9.83. The first-order valence-electron chi connectivity index (χ1n) is 10.00. The number of hydrogen-bond acceptors (Lipinski definition) is 6. The number of carbonyl (C=O) groups excluding carboxylic acids is 1. The van der Waals surface area contributed by atoms with Gasteiger partial charge >= 0.3 is 0 Å². The molecule has 1 aromatic heterocycles. The molecule has 0 bridgehead atoms. The molecular formula is C20H29N3O4. The highest BCUT2D eigenvalue weighted by Crippen LogP contribution is 2.43. The first-order chi connectivity index (χ1) is 13.1. The van der Waals surface area contributed by atoms with E-state index < -0.39 is 0 Å². The third-order valence-electron chi connectivity index (χ3n) is 5.64. The minimum absolute atomic E-state index is 0.0212. The molecule has 27 heavy (non-hydrogen) atoms.